The number of methoxy groups -OCH3 is 1. The van der Waals surface area contributed by atoms with E-state index in [1.165, 1.54) is 12.7 Å². The van der Waals surface area contributed by atoms with Crippen molar-refractivity contribution in [1.29, 1.82) is 0 Å². The van der Waals surface area contributed by atoms with Gasteiger partial charge in [-0.3, -0.25) is 9.59 Å². The molecule has 0 aliphatic heterocycles. The lowest BCUT2D eigenvalue weighted by Gasteiger charge is -2.36. The molecule has 0 unspecified atom stereocenters. The van der Waals surface area contributed by atoms with Gasteiger partial charge < -0.3 is 9.64 Å². The van der Waals surface area contributed by atoms with Crippen molar-refractivity contribution in [2.45, 2.75) is 40.2 Å². The molecular weight excluding hydrogens is 350 g/mol. The molecule has 0 amide bonds. The minimum absolute atomic E-state index is 0.0432. The van der Waals surface area contributed by atoms with Crippen LogP contribution in [0.5, 0.6) is 0 Å². The van der Waals surface area contributed by atoms with Crippen LogP contribution in [0.1, 0.15) is 39.2 Å². The molecule has 28 heavy (non-hydrogen) atoms. The highest BCUT2D eigenvalue weighted by molar-refractivity contribution is 5.97. The molecule has 0 bridgehead atoms. The first-order chi connectivity index (χ1) is 13.3. The Hall–Kier alpha value is -2.36. The van der Waals surface area contributed by atoms with Gasteiger partial charge in [0.25, 0.3) is 0 Å². The van der Waals surface area contributed by atoms with Crippen molar-refractivity contribution in [3.8, 4) is 0 Å². The van der Waals surface area contributed by atoms with E-state index in [0.717, 1.165) is 25.0 Å². The largest absolute Gasteiger partial charge is 0.469 e. The van der Waals surface area contributed by atoms with E-state index >= 15 is 0 Å². The Balaban J connectivity index is 2.02. The number of hydrogen-bond donors (Lipinski definition) is 0. The zero-order valence-corrected chi connectivity index (χ0v) is 17.7. The van der Waals surface area contributed by atoms with Crippen LogP contribution in [0.4, 0.5) is 0 Å². The molecule has 0 spiro atoms. The first-order valence-electron chi connectivity index (χ1n) is 10.1. The highest BCUT2D eigenvalue weighted by Gasteiger charge is 2.44. The zero-order chi connectivity index (χ0) is 20.7. The average Bonchev–Trinajstić information content (AvgIpc) is 2.65. The Kier molecular flexibility index (Phi) is 8.04. The van der Waals surface area contributed by atoms with Crippen molar-refractivity contribution in [3.63, 3.8) is 0 Å². The summed E-state index contributed by atoms with van der Waals surface area (Å²) >= 11 is 0. The summed E-state index contributed by atoms with van der Waals surface area (Å²) in [5.41, 5.74) is 2.26. The van der Waals surface area contributed by atoms with Crippen LogP contribution >= 0.6 is 0 Å². The van der Waals surface area contributed by atoms with Crippen LogP contribution in [0.3, 0.4) is 0 Å². The summed E-state index contributed by atoms with van der Waals surface area (Å²) in [5, 5.41) is 0. The topological polar surface area (TPSA) is 46.6 Å². The number of ether oxygens (including phenoxy) is 1. The Morgan fingerprint density at radius 3 is 2.54 bits per heavy atom. The summed E-state index contributed by atoms with van der Waals surface area (Å²) in [4.78, 5) is 27.2. The number of benzene rings is 1. The van der Waals surface area contributed by atoms with Gasteiger partial charge in [-0.25, -0.2) is 0 Å². The van der Waals surface area contributed by atoms with Gasteiger partial charge in [-0.05, 0) is 49.4 Å². The second-order valence-electron chi connectivity index (χ2n) is 8.08. The molecule has 0 heterocycles. The average molecular weight is 384 g/mol. The summed E-state index contributed by atoms with van der Waals surface area (Å²) in [6.45, 7) is 6.82. The van der Waals surface area contributed by atoms with Crippen LogP contribution in [0.2, 0.25) is 0 Å². The fourth-order valence-electron chi connectivity index (χ4n) is 4.19. The second kappa shape index (κ2) is 10.3. The summed E-state index contributed by atoms with van der Waals surface area (Å²) in [6, 6.07) is 10.3. The molecule has 0 aromatic heterocycles. The molecule has 0 N–H and O–H groups in total. The molecule has 1 aromatic rings. The standard InChI is InChI=1S/C24H33NO3/c1-17(2)22-21(26)15-18(3)20(23(22)24(27)28-5)13-9-10-14-25(4)16-19-11-7-6-8-12-19/h6-8,10-12,14-15,17,20,22-23H,9,13,16H2,1-5H3/t20-,22-,23-/m1/s1. The third-order valence-electron chi connectivity index (χ3n) is 5.57. The van der Waals surface area contributed by atoms with Gasteiger partial charge in [0.05, 0.1) is 13.0 Å². The van der Waals surface area contributed by atoms with Gasteiger partial charge in [0.1, 0.15) is 0 Å². The van der Waals surface area contributed by atoms with Gasteiger partial charge in [0, 0.05) is 19.5 Å². The fraction of sp³-hybridized carbons (Fsp3) is 0.500. The van der Waals surface area contributed by atoms with Gasteiger partial charge in [-0.2, -0.15) is 0 Å². The Labute approximate surface area is 169 Å². The van der Waals surface area contributed by atoms with E-state index in [-0.39, 0.29) is 29.5 Å². The smallest absolute Gasteiger partial charge is 0.310 e. The van der Waals surface area contributed by atoms with E-state index in [1.807, 2.05) is 39.0 Å². The maximum absolute atomic E-state index is 12.5. The molecule has 152 valence electrons. The number of allylic oxidation sites excluding steroid dienone is 3. The summed E-state index contributed by atoms with van der Waals surface area (Å²) in [7, 11) is 3.47. The number of carbonyl (C=O) groups excluding carboxylic acids is 2. The minimum Gasteiger partial charge on any atom is -0.469 e. The van der Waals surface area contributed by atoms with E-state index in [1.54, 1.807) is 6.08 Å². The molecule has 4 nitrogen and oxygen atoms in total. The number of ketones is 1. The molecule has 1 aliphatic rings. The molecular formula is C24H33NO3. The van der Waals surface area contributed by atoms with Crippen LogP contribution in [0.15, 0.2) is 54.3 Å². The molecule has 0 fully saturated rings. The molecule has 4 heteroatoms. The van der Waals surface area contributed by atoms with E-state index in [4.69, 9.17) is 4.74 Å². The maximum atomic E-state index is 12.5. The molecule has 0 saturated carbocycles. The van der Waals surface area contributed by atoms with Gasteiger partial charge >= 0.3 is 5.97 Å². The minimum atomic E-state index is -0.391. The van der Waals surface area contributed by atoms with Crippen LogP contribution in [0, 0.1) is 23.7 Å². The maximum Gasteiger partial charge on any atom is 0.310 e. The lowest BCUT2D eigenvalue weighted by Crippen LogP contribution is -2.42. The van der Waals surface area contributed by atoms with E-state index in [9.17, 15) is 9.59 Å². The molecule has 2 rings (SSSR count). The second-order valence-corrected chi connectivity index (χ2v) is 8.08. The monoisotopic (exact) mass is 383 g/mol. The Morgan fingerprint density at radius 2 is 1.93 bits per heavy atom. The third-order valence-corrected chi connectivity index (χ3v) is 5.57. The molecule has 1 aromatic carbocycles. The molecule has 1 aliphatic carbocycles. The summed E-state index contributed by atoms with van der Waals surface area (Å²) < 4.78 is 5.06. The Morgan fingerprint density at radius 1 is 1.25 bits per heavy atom. The normalized spacial score (nSPS) is 22.4. The first kappa shape index (κ1) is 21.9. The van der Waals surface area contributed by atoms with Gasteiger partial charge in [-0.1, -0.05) is 55.8 Å². The predicted molar refractivity (Wildman–Crippen MR) is 112 cm³/mol. The zero-order valence-electron chi connectivity index (χ0n) is 17.7. The number of rotatable bonds is 8. The van der Waals surface area contributed by atoms with Crippen molar-refractivity contribution in [2.75, 3.05) is 14.2 Å². The van der Waals surface area contributed by atoms with Crippen LogP contribution in [-0.4, -0.2) is 30.8 Å². The highest BCUT2D eigenvalue weighted by Crippen LogP contribution is 2.40. The van der Waals surface area contributed by atoms with E-state index in [0.29, 0.717) is 0 Å². The van der Waals surface area contributed by atoms with Crippen molar-refractivity contribution in [2.24, 2.45) is 23.7 Å². The fourth-order valence-corrected chi connectivity index (χ4v) is 4.19. The first-order valence-corrected chi connectivity index (χ1v) is 10.1. The predicted octanol–water partition coefficient (Wildman–Crippen LogP) is 4.62. The number of nitrogens with zero attached hydrogens (tertiary/aromatic N) is 1. The summed E-state index contributed by atoms with van der Waals surface area (Å²) in [6.07, 6.45) is 7.65. The molecule has 0 saturated heterocycles. The molecule has 0 radical (unpaired) electrons. The van der Waals surface area contributed by atoms with Crippen LogP contribution < -0.4 is 0 Å². The van der Waals surface area contributed by atoms with Gasteiger partial charge in [-0.15, -0.1) is 0 Å². The van der Waals surface area contributed by atoms with Crippen molar-refractivity contribution < 1.29 is 14.3 Å². The highest BCUT2D eigenvalue weighted by atomic mass is 16.5. The third kappa shape index (κ3) is 5.57. The van der Waals surface area contributed by atoms with Crippen LogP contribution in [0.25, 0.3) is 0 Å². The lowest BCUT2D eigenvalue weighted by atomic mass is 9.66. The van der Waals surface area contributed by atoms with Gasteiger partial charge in [0.15, 0.2) is 5.78 Å². The van der Waals surface area contributed by atoms with E-state index in [2.05, 4.69) is 36.4 Å². The quantitative estimate of drug-likeness (QED) is 0.615. The lowest BCUT2D eigenvalue weighted by molar-refractivity contribution is -0.153. The SMILES string of the molecule is COC(=O)[C@@H]1[C@H](CCC=CN(C)Cc2ccccc2)C(C)=CC(=O)[C@H]1C(C)C. The van der Waals surface area contributed by atoms with E-state index < -0.39 is 5.92 Å². The van der Waals surface area contributed by atoms with Crippen molar-refractivity contribution in [1.82, 2.24) is 4.90 Å². The van der Waals surface area contributed by atoms with Crippen molar-refractivity contribution >= 4 is 11.8 Å². The molecule has 3 atom stereocenters. The number of hydrogen-bond acceptors (Lipinski definition) is 4. The number of esters is 1. The Bertz CT molecular complexity index is 721. The number of carbonyl (C=O) groups is 2. The van der Waals surface area contributed by atoms with Gasteiger partial charge in [0.2, 0.25) is 0 Å². The van der Waals surface area contributed by atoms with Crippen LogP contribution in [-0.2, 0) is 20.9 Å². The van der Waals surface area contributed by atoms with Crippen molar-refractivity contribution in [3.05, 3.63) is 59.8 Å². The summed E-state index contributed by atoms with van der Waals surface area (Å²) in [5.74, 6) is -0.756.